The maximum Gasteiger partial charge on any atom is 0.0107 e. The zero-order valence-electron chi connectivity index (χ0n) is 16.0. The van der Waals surface area contributed by atoms with Gasteiger partial charge in [-0.15, -0.1) is 0 Å². The standard InChI is InChI=1S/C19H40N4/c1-16(2)20-8-12-23-11-7-19(15-23)13-17(3)21-14-18-5-9-22(4)10-6-18/h16-21H,5-15H2,1-4H3. The molecule has 0 aromatic heterocycles. The quantitative estimate of drug-likeness (QED) is 0.679. The maximum atomic E-state index is 3.82. The Morgan fingerprint density at radius 2 is 1.65 bits per heavy atom. The topological polar surface area (TPSA) is 30.5 Å². The number of piperidine rings is 1. The van der Waals surface area contributed by atoms with E-state index in [-0.39, 0.29) is 0 Å². The minimum Gasteiger partial charge on any atom is -0.314 e. The summed E-state index contributed by atoms with van der Waals surface area (Å²) in [4.78, 5) is 5.10. The van der Waals surface area contributed by atoms with Gasteiger partial charge in [-0.25, -0.2) is 0 Å². The molecule has 0 aromatic rings. The Morgan fingerprint density at radius 1 is 0.957 bits per heavy atom. The molecule has 0 bridgehead atoms. The second-order valence-corrected chi connectivity index (χ2v) is 8.36. The molecule has 4 heteroatoms. The van der Waals surface area contributed by atoms with Crippen molar-refractivity contribution in [2.75, 3.05) is 52.9 Å². The normalized spacial score (nSPS) is 26.2. The van der Waals surface area contributed by atoms with Crippen molar-refractivity contribution in [3.05, 3.63) is 0 Å². The van der Waals surface area contributed by atoms with Crippen molar-refractivity contribution in [1.29, 1.82) is 0 Å². The minimum atomic E-state index is 0.609. The zero-order chi connectivity index (χ0) is 16.7. The molecule has 2 N–H and O–H groups in total. The molecule has 0 spiro atoms. The van der Waals surface area contributed by atoms with Crippen LogP contribution in [-0.2, 0) is 0 Å². The van der Waals surface area contributed by atoms with E-state index in [0.717, 1.165) is 18.4 Å². The summed E-state index contributed by atoms with van der Waals surface area (Å²) in [6.07, 6.45) is 5.48. The fraction of sp³-hybridized carbons (Fsp3) is 1.00. The SMILES string of the molecule is CC(C)NCCN1CCC(CC(C)NCC2CCN(C)CC2)C1. The number of nitrogens with one attached hydrogen (secondary N) is 2. The van der Waals surface area contributed by atoms with Gasteiger partial charge >= 0.3 is 0 Å². The van der Waals surface area contributed by atoms with E-state index in [2.05, 4.69) is 48.3 Å². The van der Waals surface area contributed by atoms with Gasteiger partial charge in [0.2, 0.25) is 0 Å². The van der Waals surface area contributed by atoms with Gasteiger partial charge in [-0.2, -0.15) is 0 Å². The number of hydrogen-bond donors (Lipinski definition) is 2. The average molecular weight is 325 g/mol. The Hall–Kier alpha value is -0.160. The molecule has 0 aromatic carbocycles. The fourth-order valence-electron chi connectivity index (χ4n) is 4.04. The van der Waals surface area contributed by atoms with Crippen LogP contribution in [0.25, 0.3) is 0 Å². The lowest BCUT2D eigenvalue weighted by Gasteiger charge is -2.30. The van der Waals surface area contributed by atoms with E-state index in [1.165, 1.54) is 65.0 Å². The van der Waals surface area contributed by atoms with E-state index in [1.54, 1.807) is 0 Å². The molecule has 0 aliphatic carbocycles. The molecule has 2 fully saturated rings. The van der Waals surface area contributed by atoms with Gasteiger partial charge in [0.25, 0.3) is 0 Å². The zero-order valence-corrected chi connectivity index (χ0v) is 16.0. The Bertz CT molecular complexity index is 312. The Kier molecular flexibility index (Phi) is 8.31. The summed E-state index contributed by atoms with van der Waals surface area (Å²) in [6, 6.07) is 1.28. The molecule has 2 unspecified atom stereocenters. The molecule has 2 aliphatic heterocycles. The summed E-state index contributed by atoms with van der Waals surface area (Å²) < 4.78 is 0. The third-order valence-electron chi connectivity index (χ3n) is 5.63. The highest BCUT2D eigenvalue weighted by atomic mass is 15.2. The highest BCUT2D eigenvalue weighted by molar-refractivity contribution is 4.80. The van der Waals surface area contributed by atoms with Crippen molar-refractivity contribution >= 4 is 0 Å². The van der Waals surface area contributed by atoms with E-state index in [1.807, 2.05) is 0 Å². The van der Waals surface area contributed by atoms with Crippen LogP contribution in [0.4, 0.5) is 0 Å². The predicted molar refractivity (Wildman–Crippen MR) is 100.0 cm³/mol. The van der Waals surface area contributed by atoms with Gasteiger partial charge < -0.3 is 20.4 Å². The van der Waals surface area contributed by atoms with E-state index in [0.29, 0.717) is 12.1 Å². The van der Waals surface area contributed by atoms with Crippen LogP contribution < -0.4 is 10.6 Å². The first-order valence-corrected chi connectivity index (χ1v) is 9.90. The molecule has 136 valence electrons. The number of hydrogen-bond acceptors (Lipinski definition) is 4. The second kappa shape index (κ2) is 9.97. The van der Waals surface area contributed by atoms with Gasteiger partial charge in [-0.1, -0.05) is 13.8 Å². The van der Waals surface area contributed by atoms with Crippen LogP contribution in [0.15, 0.2) is 0 Å². The first kappa shape index (κ1) is 19.2. The lowest BCUT2D eigenvalue weighted by Crippen LogP contribution is -2.38. The Balaban J connectivity index is 1.54. The van der Waals surface area contributed by atoms with Gasteiger partial charge in [-0.3, -0.25) is 0 Å². The molecular formula is C19H40N4. The van der Waals surface area contributed by atoms with E-state index >= 15 is 0 Å². The van der Waals surface area contributed by atoms with Gasteiger partial charge in [0.05, 0.1) is 0 Å². The number of nitrogens with zero attached hydrogens (tertiary/aromatic N) is 2. The van der Waals surface area contributed by atoms with Crippen LogP contribution in [0.1, 0.15) is 46.5 Å². The summed E-state index contributed by atoms with van der Waals surface area (Å²) in [5.74, 6) is 1.80. The summed E-state index contributed by atoms with van der Waals surface area (Å²) in [7, 11) is 2.24. The van der Waals surface area contributed by atoms with E-state index in [9.17, 15) is 0 Å². The molecule has 0 radical (unpaired) electrons. The van der Waals surface area contributed by atoms with Crippen molar-refractivity contribution in [3.63, 3.8) is 0 Å². The van der Waals surface area contributed by atoms with E-state index in [4.69, 9.17) is 0 Å². The third-order valence-corrected chi connectivity index (χ3v) is 5.63. The van der Waals surface area contributed by atoms with Crippen LogP contribution in [0.3, 0.4) is 0 Å². The first-order valence-electron chi connectivity index (χ1n) is 9.90. The highest BCUT2D eigenvalue weighted by Crippen LogP contribution is 2.21. The minimum absolute atomic E-state index is 0.609. The molecule has 2 heterocycles. The second-order valence-electron chi connectivity index (χ2n) is 8.36. The predicted octanol–water partition coefficient (Wildman–Crippen LogP) is 2.02. The molecule has 2 atom stereocenters. The third kappa shape index (κ3) is 7.51. The summed E-state index contributed by atoms with van der Waals surface area (Å²) in [6.45, 7) is 15.6. The van der Waals surface area contributed by atoms with Gasteiger partial charge in [0, 0.05) is 31.7 Å². The first-order chi connectivity index (χ1) is 11.0. The lowest BCUT2D eigenvalue weighted by atomic mass is 9.95. The van der Waals surface area contributed by atoms with Crippen molar-refractivity contribution in [2.45, 2.75) is 58.5 Å². The molecule has 4 nitrogen and oxygen atoms in total. The Morgan fingerprint density at radius 3 is 2.35 bits per heavy atom. The van der Waals surface area contributed by atoms with E-state index < -0.39 is 0 Å². The van der Waals surface area contributed by atoms with Crippen molar-refractivity contribution in [3.8, 4) is 0 Å². The largest absolute Gasteiger partial charge is 0.314 e. The van der Waals surface area contributed by atoms with Gasteiger partial charge in [0.15, 0.2) is 0 Å². The molecule has 0 amide bonds. The molecule has 2 rings (SSSR count). The molecule has 2 saturated heterocycles. The highest BCUT2D eigenvalue weighted by Gasteiger charge is 2.24. The monoisotopic (exact) mass is 324 g/mol. The van der Waals surface area contributed by atoms with Crippen LogP contribution >= 0.6 is 0 Å². The van der Waals surface area contributed by atoms with Crippen LogP contribution in [0.2, 0.25) is 0 Å². The van der Waals surface area contributed by atoms with Gasteiger partial charge in [0.1, 0.15) is 0 Å². The molecule has 2 aliphatic rings. The molecular weight excluding hydrogens is 284 g/mol. The van der Waals surface area contributed by atoms with Crippen LogP contribution in [0, 0.1) is 11.8 Å². The van der Waals surface area contributed by atoms with Crippen LogP contribution in [0.5, 0.6) is 0 Å². The lowest BCUT2D eigenvalue weighted by molar-refractivity contribution is 0.211. The average Bonchev–Trinajstić information content (AvgIpc) is 2.94. The van der Waals surface area contributed by atoms with Gasteiger partial charge in [-0.05, 0) is 77.7 Å². The fourth-order valence-corrected chi connectivity index (χ4v) is 4.04. The Labute approximate surface area is 144 Å². The summed E-state index contributed by atoms with van der Waals surface area (Å²) in [5.41, 5.74) is 0. The number of likely N-dealkylation sites (tertiary alicyclic amines) is 2. The smallest absolute Gasteiger partial charge is 0.0107 e. The number of rotatable bonds is 9. The maximum absolute atomic E-state index is 3.82. The van der Waals surface area contributed by atoms with Crippen molar-refractivity contribution in [2.24, 2.45) is 11.8 Å². The van der Waals surface area contributed by atoms with Crippen molar-refractivity contribution in [1.82, 2.24) is 20.4 Å². The van der Waals surface area contributed by atoms with Crippen molar-refractivity contribution < 1.29 is 0 Å². The van der Waals surface area contributed by atoms with Crippen LogP contribution in [-0.4, -0.2) is 74.7 Å². The molecule has 23 heavy (non-hydrogen) atoms. The molecule has 0 saturated carbocycles. The summed E-state index contributed by atoms with van der Waals surface area (Å²) in [5, 5.41) is 7.35. The summed E-state index contributed by atoms with van der Waals surface area (Å²) >= 11 is 0.